The highest BCUT2D eigenvalue weighted by Gasteiger charge is 2.56. The predicted molar refractivity (Wildman–Crippen MR) is 114 cm³/mol. The van der Waals surface area contributed by atoms with E-state index < -0.39 is 24.1 Å². The van der Waals surface area contributed by atoms with Crippen LogP contribution in [0.25, 0.3) is 0 Å². The van der Waals surface area contributed by atoms with Crippen molar-refractivity contribution in [2.75, 3.05) is 20.3 Å². The number of ether oxygens (including phenoxy) is 3. The average Bonchev–Trinajstić information content (AvgIpc) is 3.29. The van der Waals surface area contributed by atoms with E-state index in [2.05, 4.69) is 17.9 Å². The van der Waals surface area contributed by atoms with Crippen molar-refractivity contribution in [3.63, 3.8) is 0 Å². The first-order valence-electron chi connectivity index (χ1n) is 11.8. The predicted octanol–water partition coefficient (Wildman–Crippen LogP) is 1.72. The van der Waals surface area contributed by atoms with Crippen molar-refractivity contribution in [1.29, 1.82) is 0 Å². The van der Waals surface area contributed by atoms with Gasteiger partial charge < -0.3 is 29.5 Å². The van der Waals surface area contributed by atoms with Gasteiger partial charge in [-0.05, 0) is 44.6 Å². The summed E-state index contributed by atoms with van der Waals surface area (Å²) in [6.45, 7) is 1.40. The maximum absolute atomic E-state index is 12.2. The average molecular weight is 448 g/mol. The second-order valence-electron chi connectivity index (χ2n) is 9.62. The lowest BCUT2D eigenvalue weighted by Crippen LogP contribution is -2.65. The van der Waals surface area contributed by atoms with E-state index >= 15 is 0 Å². The summed E-state index contributed by atoms with van der Waals surface area (Å²) in [6, 6.07) is 0.591. The lowest BCUT2D eigenvalue weighted by molar-refractivity contribution is -0.141. The molecule has 5 aliphatic heterocycles. The quantitative estimate of drug-likeness (QED) is 0.559. The van der Waals surface area contributed by atoms with E-state index in [4.69, 9.17) is 14.2 Å². The number of carbonyl (C=O) groups excluding carboxylic acids is 1. The Morgan fingerprint density at radius 1 is 1.25 bits per heavy atom. The number of nitrogens with zero attached hydrogens (tertiary/aromatic N) is 1. The molecule has 6 atom stereocenters. The lowest BCUT2D eigenvalue weighted by atomic mass is 9.71. The zero-order valence-electron chi connectivity index (χ0n) is 18.7. The molecule has 5 aliphatic rings. The van der Waals surface area contributed by atoms with Gasteiger partial charge in [0, 0.05) is 24.0 Å². The van der Waals surface area contributed by atoms with Crippen LogP contribution in [0.2, 0.25) is 0 Å². The van der Waals surface area contributed by atoms with Crippen molar-refractivity contribution in [1.82, 2.24) is 4.90 Å². The van der Waals surface area contributed by atoms with E-state index in [1.807, 2.05) is 0 Å². The summed E-state index contributed by atoms with van der Waals surface area (Å²) in [4.78, 5) is 14.8. The molecule has 3 saturated heterocycles. The Morgan fingerprint density at radius 3 is 2.75 bits per heavy atom. The van der Waals surface area contributed by atoms with Gasteiger partial charge in [-0.2, -0.15) is 0 Å². The van der Waals surface area contributed by atoms with Gasteiger partial charge in [0.25, 0.3) is 0 Å². The van der Waals surface area contributed by atoms with Crippen LogP contribution in [-0.2, 0) is 19.0 Å². The first-order chi connectivity index (χ1) is 15.5. The number of rotatable bonds is 4. The van der Waals surface area contributed by atoms with Crippen LogP contribution in [0.4, 0.5) is 0 Å². The molecule has 0 spiro atoms. The molecule has 5 heterocycles. The van der Waals surface area contributed by atoms with E-state index in [1.165, 1.54) is 7.11 Å². The van der Waals surface area contributed by atoms with Crippen molar-refractivity contribution in [3.8, 4) is 0 Å². The maximum atomic E-state index is 12.2. The van der Waals surface area contributed by atoms with Gasteiger partial charge in [0.2, 0.25) is 5.76 Å². The van der Waals surface area contributed by atoms with Gasteiger partial charge >= 0.3 is 5.97 Å². The fourth-order valence-corrected chi connectivity index (χ4v) is 6.75. The monoisotopic (exact) mass is 447 g/mol. The zero-order valence-corrected chi connectivity index (χ0v) is 18.7. The molecule has 8 heteroatoms. The van der Waals surface area contributed by atoms with Gasteiger partial charge in [0.05, 0.1) is 31.8 Å². The minimum Gasteiger partial charge on any atom is -0.492 e. The molecule has 0 aromatic rings. The van der Waals surface area contributed by atoms with Gasteiger partial charge in [-0.3, -0.25) is 4.90 Å². The first-order valence-corrected chi connectivity index (χ1v) is 11.8. The second-order valence-corrected chi connectivity index (χ2v) is 9.62. The topological polar surface area (TPSA) is 109 Å². The van der Waals surface area contributed by atoms with E-state index in [0.717, 1.165) is 50.7 Å². The summed E-state index contributed by atoms with van der Waals surface area (Å²) in [5.74, 6) is 0.366. The van der Waals surface area contributed by atoms with E-state index in [1.54, 1.807) is 0 Å². The molecule has 0 aromatic heterocycles. The number of esters is 1. The van der Waals surface area contributed by atoms with Crippen LogP contribution in [0.3, 0.4) is 0 Å². The van der Waals surface area contributed by atoms with Crippen molar-refractivity contribution in [2.24, 2.45) is 11.8 Å². The summed E-state index contributed by atoms with van der Waals surface area (Å²) in [6.07, 6.45) is 8.40. The molecule has 0 radical (unpaired) electrons. The highest BCUT2D eigenvalue weighted by Crippen LogP contribution is 2.53. The Balaban J connectivity index is 1.57. The molecule has 8 nitrogen and oxygen atoms in total. The first kappa shape index (κ1) is 21.9. The number of aliphatic hydroxyl groups is 3. The third-order valence-electron chi connectivity index (χ3n) is 8.32. The standard InChI is InChI=1S/C24H33NO7/c1-3-24(29)10-9-13-7-8-17-19(16-5-4-6-18(24)25(13)16)14(11-26)21(31-17)22-20(30-2)15(12-27)23(28)32-22/h8,13-14,16,18-19,26-27,29H,3-7,9-12H2,1-2H3/b22-21-/t13-,14+,16+,18+,19-,24-/m1/s1. The molecular weight excluding hydrogens is 414 g/mol. The number of hydrogen-bond acceptors (Lipinski definition) is 8. The van der Waals surface area contributed by atoms with Crippen LogP contribution in [-0.4, -0.2) is 70.2 Å². The van der Waals surface area contributed by atoms with Crippen molar-refractivity contribution in [3.05, 3.63) is 34.7 Å². The Bertz CT molecular complexity index is 893. The smallest absolute Gasteiger partial charge is 0.345 e. The van der Waals surface area contributed by atoms with Crippen molar-refractivity contribution < 1.29 is 34.3 Å². The number of carbonyl (C=O) groups is 1. The molecule has 0 amide bonds. The van der Waals surface area contributed by atoms with Crippen molar-refractivity contribution >= 4 is 5.97 Å². The van der Waals surface area contributed by atoms with Crippen LogP contribution in [0, 0.1) is 11.8 Å². The van der Waals surface area contributed by atoms with Crippen molar-refractivity contribution in [2.45, 2.75) is 75.6 Å². The Morgan fingerprint density at radius 2 is 2.06 bits per heavy atom. The highest BCUT2D eigenvalue weighted by atomic mass is 16.6. The summed E-state index contributed by atoms with van der Waals surface area (Å²) < 4.78 is 17.1. The molecule has 0 bridgehead atoms. The number of aliphatic hydroxyl groups excluding tert-OH is 2. The highest BCUT2D eigenvalue weighted by molar-refractivity contribution is 5.94. The molecule has 0 aliphatic carbocycles. The third-order valence-corrected chi connectivity index (χ3v) is 8.32. The van der Waals surface area contributed by atoms with Crippen LogP contribution in [0.15, 0.2) is 34.7 Å². The summed E-state index contributed by atoms with van der Waals surface area (Å²) in [5, 5.41) is 31.5. The van der Waals surface area contributed by atoms with Gasteiger partial charge in [-0.25, -0.2) is 4.79 Å². The second kappa shape index (κ2) is 8.17. The van der Waals surface area contributed by atoms with E-state index in [9.17, 15) is 20.1 Å². The van der Waals surface area contributed by atoms with E-state index in [0.29, 0.717) is 11.8 Å². The molecule has 5 rings (SSSR count). The fourth-order valence-electron chi connectivity index (χ4n) is 6.75. The zero-order chi connectivity index (χ0) is 22.6. The Hall–Kier alpha value is -1.87. The molecule has 176 valence electrons. The number of fused-ring (bicyclic) bond motifs is 2. The normalized spacial score (nSPS) is 41.5. The van der Waals surface area contributed by atoms with E-state index in [-0.39, 0.29) is 41.7 Å². The molecule has 3 fully saturated rings. The van der Waals surface area contributed by atoms with Crippen LogP contribution in [0.5, 0.6) is 0 Å². The van der Waals surface area contributed by atoms with Gasteiger partial charge in [0.1, 0.15) is 11.3 Å². The third kappa shape index (κ3) is 3.07. The van der Waals surface area contributed by atoms with Gasteiger partial charge in [0.15, 0.2) is 11.5 Å². The van der Waals surface area contributed by atoms with Crippen LogP contribution >= 0.6 is 0 Å². The molecular formula is C24H33NO7. The molecule has 32 heavy (non-hydrogen) atoms. The SMILES string of the molecule is CC[C@@]1(O)CC[C@H]2CC=C3O/C(=C4\OC(=O)C(CO)=C4OC)[C@@H](CO)[C@@H]3[C@@H]3CCC[C@@H]1N23. The molecule has 0 unspecified atom stereocenters. The maximum Gasteiger partial charge on any atom is 0.345 e. The minimum atomic E-state index is -0.682. The molecule has 0 saturated carbocycles. The largest absolute Gasteiger partial charge is 0.492 e. The molecule has 0 aromatic carbocycles. The summed E-state index contributed by atoms with van der Waals surface area (Å²) >= 11 is 0. The number of piperidine rings is 2. The van der Waals surface area contributed by atoms with Crippen LogP contribution < -0.4 is 0 Å². The van der Waals surface area contributed by atoms with Crippen LogP contribution in [0.1, 0.15) is 51.9 Å². The van der Waals surface area contributed by atoms with Gasteiger partial charge in [-0.1, -0.05) is 13.3 Å². The Labute approximate surface area is 188 Å². The fraction of sp³-hybridized carbons (Fsp3) is 0.708. The lowest BCUT2D eigenvalue weighted by Gasteiger charge is -2.57. The number of methoxy groups -OCH3 is 1. The van der Waals surface area contributed by atoms with Gasteiger partial charge in [-0.15, -0.1) is 0 Å². The molecule has 3 N–H and O–H groups in total. The number of hydrogen-bond donors (Lipinski definition) is 3. The Kier molecular flexibility index (Phi) is 5.60. The number of cyclic esters (lactones) is 1. The summed E-state index contributed by atoms with van der Waals surface area (Å²) in [5.41, 5.74) is -0.629. The summed E-state index contributed by atoms with van der Waals surface area (Å²) in [7, 11) is 1.42. The minimum absolute atomic E-state index is 0.0539.